The average molecular weight is 298 g/mol. The van der Waals surface area contributed by atoms with E-state index in [-0.39, 0.29) is 12.1 Å². The molecule has 22 heavy (non-hydrogen) atoms. The number of aromatic nitrogens is 1. The molecule has 1 unspecified atom stereocenters. The van der Waals surface area contributed by atoms with Crippen LogP contribution < -0.4 is 10.6 Å². The number of carbonyl (C=O) groups excluding carboxylic acids is 1. The Hall–Kier alpha value is -2.40. The Bertz CT molecular complexity index is 613. The molecule has 1 heterocycles. The van der Waals surface area contributed by atoms with E-state index in [2.05, 4.69) is 15.6 Å². The van der Waals surface area contributed by atoms with Gasteiger partial charge in [-0.15, -0.1) is 0 Å². The number of pyridine rings is 1. The summed E-state index contributed by atoms with van der Waals surface area (Å²) in [5.41, 5.74) is 1.94. The van der Waals surface area contributed by atoms with Crippen LogP contribution in [0.1, 0.15) is 17.3 Å². The van der Waals surface area contributed by atoms with E-state index >= 15 is 0 Å². The molecule has 5 heteroatoms. The zero-order valence-corrected chi connectivity index (χ0v) is 13.2. The molecule has 0 aliphatic rings. The predicted octanol–water partition coefficient (Wildman–Crippen LogP) is 2.81. The number of rotatable bonds is 5. The Kier molecular flexibility index (Phi) is 5.49. The number of anilines is 1. The molecule has 0 fully saturated rings. The highest BCUT2D eigenvalue weighted by Crippen LogP contribution is 2.13. The van der Waals surface area contributed by atoms with Crippen LogP contribution in [0.15, 0.2) is 48.5 Å². The molecule has 5 nitrogen and oxygen atoms in total. The lowest BCUT2D eigenvalue weighted by atomic mass is 10.1. The van der Waals surface area contributed by atoms with Crippen molar-refractivity contribution in [2.24, 2.45) is 0 Å². The zero-order valence-electron chi connectivity index (χ0n) is 13.2. The van der Waals surface area contributed by atoms with Crippen molar-refractivity contribution in [1.82, 2.24) is 15.2 Å². The van der Waals surface area contributed by atoms with Crippen molar-refractivity contribution in [2.75, 3.05) is 26.0 Å². The molecule has 2 N–H and O–H groups in total. The fraction of sp³-hybridized carbons (Fsp3) is 0.294. The van der Waals surface area contributed by atoms with Gasteiger partial charge in [0.1, 0.15) is 5.82 Å². The van der Waals surface area contributed by atoms with Crippen molar-refractivity contribution in [3.63, 3.8) is 0 Å². The molecule has 0 saturated carbocycles. The summed E-state index contributed by atoms with van der Waals surface area (Å²) in [6.07, 6.45) is 0. The summed E-state index contributed by atoms with van der Waals surface area (Å²) >= 11 is 0. The van der Waals surface area contributed by atoms with Gasteiger partial charge in [-0.25, -0.2) is 9.78 Å². The molecule has 0 aliphatic carbocycles. The first-order valence-corrected chi connectivity index (χ1v) is 7.25. The number of hydrogen-bond donors (Lipinski definition) is 2. The summed E-state index contributed by atoms with van der Waals surface area (Å²) in [7, 11) is 3.97. The number of hydrogen-bond acceptors (Lipinski definition) is 3. The maximum Gasteiger partial charge on any atom is 0.320 e. The highest BCUT2D eigenvalue weighted by atomic mass is 16.2. The molecule has 0 aliphatic heterocycles. The average Bonchev–Trinajstić information content (AvgIpc) is 2.47. The Balaban J connectivity index is 2.05. The molecule has 0 saturated heterocycles. The molecule has 0 spiro atoms. The van der Waals surface area contributed by atoms with Crippen molar-refractivity contribution in [1.29, 1.82) is 0 Å². The summed E-state index contributed by atoms with van der Waals surface area (Å²) in [4.78, 5) is 18.5. The summed E-state index contributed by atoms with van der Waals surface area (Å²) in [6, 6.07) is 15.1. The lowest BCUT2D eigenvalue weighted by Gasteiger charge is -2.23. The highest BCUT2D eigenvalue weighted by Gasteiger charge is 2.15. The second-order valence-electron chi connectivity index (χ2n) is 5.49. The summed E-state index contributed by atoms with van der Waals surface area (Å²) < 4.78 is 0. The fourth-order valence-corrected chi connectivity index (χ4v) is 2.21. The molecule has 0 bridgehead atoms. The van der Waals surface area contributed by atoms with Gasteiger partial charge in [0, 0.05) is 12.2 Å². The molecule has 0 radical (unpaired) electrons. The smallest absolute Gasteiger partial charge is 0.320 e. The van der Waals surface area contributed by atoms with Crippen LogP contribution in [-0.2, 0) is 0 Å². The zero-order chi connectivity index (χ0) is 15.9. The standard InChI is InChI=1S/C17H22N4O/c1-13-8-7-11-16(18-13)20-17(22)19-15(12-21(2)3)14-9-5-4-6-10-14/h4-11,15H,12H2,1-3H3,(H2,18,19,20,22). The highest BCUT2D eigenvalue weighted by molar-refractivity contribution is 5.88. The number of aryl methyl sites for hydroxylation is 1. The van der Waals surface area contributed by atoms with Gasteiger partial charge < -0.3 is 10.2 Å². The van der Waals surface area contributed by atoms with Gasteiger partial charge in [-0.1, -0.05) is 36.4 Å². The largest absolute Gasteiger partial charge is 0.330 e. The Morgan fingerprint density at radius 3 is 2.50 bits per heavy atom. The van der Waals surface area contributed by atoms with Crippen LogP contribution in [0.25, 0.3) is 0 Å². The first-order chi connectivity index (χ1) is 10.5. The molecule has 116 valence electrons. The number of likely N-dealkylation sites (N-methyl/N-ethyl adjacent to an activating group) is 1. The third kappa shape index (κ3) is 4.86. The summed E-state index contributed by atoms with van der Waals surface area (Å²) in [5, 5.41) is 5.78. The van der Waals surface area contributed by atoms with Crippen LogP contribution in [-0.4, -0.2) is 36.6 Å². The van der Waals surface area contributed by atoms with Crippen LogP contribution in [0.2, 0.25) is 0 Å². The van der Waals surface area contributed by atoms with E-state index < -0.39 is 0 Å². The molecule has 1 aromatic heterocycles. The first-order valence-electron chi connectivity index (χ1n) is 7.25. The molecule has 2 amide bonds. The van der Waals surface area contributed by atoms with Gasteiger partial charge in [-0.2, -0.15) is 0 Å². The topological polar surface area (TPSA) is 57.3 Å². The number of nitrogens with one attached hydrogen (secondary N) is 2. The van der Waals surface area contributed by atoms with E-state index in [0.717, 1.165) is 17.8 Å². The predicted molar refractivity (Wildman–Crippen MR) is 88.9 cm³/mol. The molecule has 1 atom stereocenters. The number of urea groups is 1. The van der Waals surface area contributed by atoms with E-state index in [9.17, 15) is 4.79 Å². The third-order valence-electron chi connectivity index (χ3n) is 3.18. The number of carbonyl (C=O) groups is 1. The van der Waals surface area contributed by atoms with E-state index in [1.165, 1.54) is 0 Å². The molecule has 2 rings (SSSR count). The van der Waals surface area contributed by atoms with E-state index in [4.69, 9.17) is 0 Å². The van der Waals surface area contributed by atoms with E-state index in [1.54, 1.807) is 6.07 Å². The molecular formula is C17H22N4O. The van der Waals surface area contributed by atoms with Gasteiger partial charge in [0.05, 0.1) is 6.04 Å². The Labute approximate surface area is 131 Å². The monoisotopic (exact) mass is 298 g/mol. The van der Waals surface area contributed by atoms with Crippen molar-refractivity contribution < 1.29 is 4.79 Å². The van der Waals surface area contributed by atoms with Gasteiger partial charge in [0.15, 0.2) is 0 Å². The van der Waals surface area contributed by atoms with Gasteiger partial charge in [0.25, 0.3) is 0 Å². The van der Waals surface area contributed by atoms with Gasteiger partial charge in [-0.3, -0.25) is 5.32 Å². The summed E-state index contributed by atoms with van der Waals surface area (Å²) in [6.45, 7) is 2.61. The van der Waals surface area contributed by atoms with Crippen LogP contribution in [0.4, 0.5) is 10.6 Å². The second kappa shape index (κ2) is 7.56. The number of benzene rings is 1. The Morgan fingerprint density at radius 1 is 1.14 bits per heavy atom. The first kappa shape index (κ1) is 16.0. The lowest BCUT2D eigenvalue weighted by Crippen LogP contribution is -2.37. The summed E-state index contributed by atoms with van der Waals surface area (Å²) in [5.74, 6) is 0.550. The van der Waals surface area contributed by atoms with Crippen LogP contribution in [0, 0.1) is 6.92 Å². The maximum atomic E-state index is 12.2. The van der Waals surface area contributed by atoms with Gasteiger partial charge in [-0.05, 0) is 38.7 Å². The second-order valence-corrected chi connectivity index (χ2v) is 5.49. The van der Waals surface area contributed by atoms with Crippen LogP contribution in [0.3, 0.4) is 0 Å². The third-order valence-corrected chi connectivity index (χ3v) is 3.18. The number of nitrogens with zero attached hydrogens (tertiary/aromatic N) is 2. The van der Waals surface area contributed by atoms with Gasteiger partial charge >= 0.3 is 6.03 Å². The van der Waals surface area contributed by atoms with Gasteiger partial charge in [0.2, 0.25) is 0 Å². The minimum atomic E-state index is -0.256. The maximum absolute atomic E-state index is 12.2. The normalized spacial score (nSPS) is 12.0. The van der Waals surface area contributed by atoms with E-state index in [1.807, 2.05) is 68.4 Å². The van der Waals surface area contributed by atoms with Crippen molar-refractivity contribution in [3.8, 4) is 0 Å². The molecule has 1 aromatic carbocycles. The fourth-order valence-electron chi connectivity index (χ4n) is 2.21. The Morgan fingerprint density at radius 2 is 1.86 bits per heavy atom. The molecule has 2 aromatic rings. The minimum absolute atomic E-state index is 0.0824. The van der Waals surface area contributed by atoms with Crippen molar-refractivity contribution >= 4 is 11.8 Å². The SMILES string of the molecule is Cc1cccc(NC(=O)NC(CN(C)C)c2ccccc2)n1. The quantitative estimate of drug-likeness (QED) is 0.892. The van der Waals surface area contributed by atoms with Crippen LogP contribution >= 0.6 is 0 Å². The van der Waals surface area contributed by atoms with Crippen molar-refractivity contribution in [2.45, 2.75) is 13.0 Å². The van der Waals surface area contributed by atoms with Crippen LogP contribution in [0.5, 0.6) is 0 Å². The van der Waals surface area contributed by atoms with Crippen molar-refractivity contribution in [3.05, 3.63) is 59.8 Å². The number of amides is 2. The minimum Gasteiger partial charge on any atom is -0.330 e. The van der Waals surface area contributed by atoms with E-state index in [0.29, 0.717) is 5.82 Å². The molecular weight excluding hydrogens is 276 g/mol. The lowest BCUT2D eigenvalue weighted by molar-refractivity contribution is 0.244.